The van der Waals surface area contributed by atoms with Crippen LogP contribution in [0.5, 0.6) is 0 Å². The third-order valence-electron chi connectivity index (χ3n) is 6.22. The Labute approximate surface area is 187 Å². The topological polar surface area (TPSA) is 74.5 Å². The van der Waals surface area contributed by atoms with Crippen molar-refractivity contribution in [1.82, 2.24) is 19.4 Å². The lowest BCUT2D eigenvalue weighted by atomic mass is 9.92. The molecule has 3 heterocycles. The molecular formula is C24H30FN5O2. The Balaban J connectivity index is 1.30. The molecule has 1 amide bonds. The van der Waals surface area contributed by atoms with Crippen LogP contribution in [0.4, 0.5) is 10.2 Å². The first kappa shape index (κ1) is 22.2. The maximum Gasteiger partial charge on any atom is 0.222 e. The van der Waals surface area contributed by atoms with Crippen LogP contribution in [0.1, 0.15) is 31.5 Å². The van der Waals surface area contributed by atoms with Crippen molar-refractivity contribution in [3.63, 3.8) is 0 Å². The minimum atomic E-state index is -1.02. The number of anilines is 1. The molecule has 0 saturated carbocycles. The minimum absolute atomic E-state index is 0.00854. The summed E-state index contributed by atoms with van der Waals surface area (Å²) in [6.07, 6.45) is 4.40. The van der Waals surface area contributed by atoms with Crippen LogP contribution >= 0.6 is 0 Å². The van der Waals surface area contributed by atoms with Gasteiger partial charge in [0.2, 0.25) is 5.91 Å². The van der Waals surface area contributed by atoms with Crippen molar-refractivity contribution < 1.29 is 14.3 Å². The highest BCUT2D eigenvalue weighted by Crippen LogP contribution is 2.26. The fourth-order valence-corrected chi connectivity index (χ4v) is 4.53. The maximum absolute atomic E-state index is 13.2. The van der Waals surface area contributed by atoms with Crippen LogP contribution in [0, 0.1) is 5.82 Å². The summed E-state index contributed by atoms with van der Waals surface area (Å²) in [5.41, 5.74) is 1.04. The first-order valence-electron chi connectivity index (χ1n) is 11.1. The predicted molar refractivity (Wildman–Crippen MR) is 122 cm³/mol. The van der Waals surface area contributed by atoms with Crippen LogP contribution in [-0.2, 0) is 18.3 Å². The van der Waals surface area contributed by atoms with Gasteiger partial charge in [-0.1, -0.05) is 12.1 Å². The molecule has 1 aliphatic heterocycles. The number of aliphatic hydroxyl groups is 1. The van der Waals surface area contributed by atoms with E-state index in [-0.39, 0.29) is 18.3 Å². The molecule has 0 bridgehead atoms. The number of aromatic nitrogens is 3. The van der Waals surface area contributed by atoms with Crippen molar-refractivity contribution in [2.45, 2.75) is 37.7 Å². The molecule has 4 rings (SSSR count). The molecule has 1 aromatic carbocycles. The summed E-state index contributed by atoms with van der Waals surface area (Å²) >= 11 is 0. The molecule has 1 atom stereocenters. The number of pyridine rings is 1. The number of likely N-dealkylation sites (N-methyl/N-ethyl adjacent to an activating group) is 1. The summed E-state index contributed by atoms with van der Waals surface area (Å²) in [7, 11) is 3.74. The number of benzene rings is 1. The van der Waals surface area contributed by atoms with Gasteiger partial charge in [0.25, 0.3) is 0 Å². The van der Waals surface area contributed by atoms with Gasteiger partial charge in [-0.05, 0) is 43.5 Å². The first-order chi connectivity index (χ1) is 15.3. The van der Waals surface area contributed by atoms with Crippen molar-refractivity contribution in [2.24, 2.45) is 7.05 Å². The average Bonchev–Trinajstić information content (AvgIpc) is 3.09. The van der Waals surface area contributed by atoms with Crippen molar-refractivity contribution in [1.29, 1.82) is 0 Å². The molecule has 170 valence electrons. The van der Waals surface area contributed by atoms with E-state index >= 15 is 0 Å². The van der Waals surface area contributed by atoms with Crippen LogP contribution in [0.25, 0.3) is 11.0 Å². The second-order valence-corrected chi connectivity index (χ2v) is 8.76. The first-order valence-corrected chi connectivity index (χ1v) is 11.1. The van der Waals surface area contributed by atoms with Crippen LogP contribution in [0.2, 0.25) is 0 Å². The third kappa shape index (κ3) is 4.91. The molecule has 32 heavy (non-hydrogen) atoms. The maximum atomic E-state index is 13.2. The number of carbonyl (C=O) groups is 1. The zero-order valence-electron chi connectivity index (χ0n) is 18.7. The van der Waals surface area contributed by atoms with Gasteiger partial charge in [0.15, 0.2) is 0 Å². The van der Waals surface area contributed by atoms with E-state index in [9.17, 15) is 14.3 Å². The molecule has 0 aliphatic carbocycles. The Hall–Kier alpha value is -3.00. The highest BCUT2D eigenvalue weighted by molar-refractivity contribution is 5.76. The number of halogens is 1. The van der Waals surface area contributed by atoms with E-state index in [4.69, 9.17) is 0 Å². The van der Waals surface area contributed by atoms with Gasteiger partial charge < -0.3 is 19.5 Å². The van der Waals surface area contributed by atoms with Gasteiger partial charge >= 0.3 is 0 Å². The second-order valence-electron chi connectivity index (χ2n) is 8.76. The Bertz CT molecular complexity index is 1080. The Morgan fingerprint density at radius 1 is 1.28 bits per heavy atom. The van der Waals surface area contributed by atoms with Crippen LogP contribution in [0.15, 0.2) is 42.6 Å². The van der Waals surface area contributed by atoms with Gasteiger partial charge in [-0.15, -0.1) is 0 Å². The van der Waals surface area contributed by atoms with Crippen LogP contribution < -0.4 is 4.90 Å². The fourth-order valence-electron chi connectivity index (χ4n) is 4.53. The fraction of sp³-hybridized carbons (Fsp3) is 0.458. The number of piperidine rings is 1. The van der Waals surface area contributed by atoms with Crippen molar-refractivity contribution in [3.8, 4) is 0 Å². The van der Waals surface area contributed by atoms with Crippen molar-refractivity contribution in [2.75, 3.05) is 31.6 Å². The molecule has 1 unspecified atom stereocenters. The number of rotatable bonds is 7. The summed E-state index contributed by atoms with van der Waals surface area (Å²) in [4.78, 5) is 25.1. The van der Waals surface area contributed by atoms with E-state index in [0.29, 0.717) is 31.6 Å². The predicted octanol–water partition coefficient (Wildman–Crippen LogP) is 2.92. The summed E-state index contributed by atoms with van der Waals surface area (Å²) in [6.45, 7) is 1.37. The number of nitrogens with zero attached hydrogens (tertiary/aromatic N) is 5. The standard InChI is InChI=1S/C24H30FN5O2/c1-28(16-24(32)13-6-14-30(17-24)21-12-11-18(25)15-26-21)23(31)10-5-9-22-27-19-7-3-4-8-20(19)29(22)2/h3-4,7-8,11-12,15,32H,5-6,9-10,13-14,16-17H2,1-2H3. The largest absolute Gasteiger partial charge is 0.386 e. The number of β-amino-alcohol motifs (C(OH)–C–C–N with tert-alkyl or cyclic N) is 1. The summed E-state index contributed by atoms with van der Waals surface area (Å²) < 4.78 is 15.2. The molecule has 0 spiro atoms. The minimum Gasteiger partial charge on any atom is -0.386 e. The molecule has 2 aromatic heterocycles. The van der Waals surface area contributed by atoms with E-state index in [1.54, 1.807) is 18.0 Å². The molecule has 0 radical (unpaired) electrons. The van der Waals surface area contributed by atoms with E-state index in [1.807, 2.05) is 36.2 Å². The van der Waals surface area contributed by atoms with Gasteiger partial charge in [-0.2, -0.15) is 0 Å². The number of aryl methyl sites for hydroxylation is 2. The van der Waals surface area contributed by atoms with Gasteiger partial charge in [0.1, 0.15) is 17.5 Å². The molecule has 1 aliphatic rings. The molecular weight excluding hydrogens is 409 g/mol. The Kier molecular flexibility index (Phi) is 6.41. The lowest BCUT2D eigenvalue weighted by Crippen LogP contribution is -2.54. The number of carbonyl (C=O) groups excluding carboxylic acids is 1. The molecule has 1 N–H and O–H groups in total. The zero-order valence-corrected chi connectivity index (χ0v) is 18.7. The Morgan fingerprint density at radius 3 is 2.84 bits per heavy atom. The van der Waals surface area contributed by atoms with E-state index in [2.05, 4.69) is 14.5 Å². The normalized spacial score (nSPS) is 18.8. The monoisotopic (exact) mass is 439 g/mol. The zero-order chi connectivity index (χ0) is 22.7. The smallest absolute Gasteiger partial charge is 0.222 e. The lowest BCUT2D eigenvalue weighted by molar-refractivity contribution is -0.133. The highest BCUT2D eigenvalue weighted by atomic mass is 19.1. The second kappa shape index (κ2) is 9.24. The molecule has 1 saturated heterocycles. The number of para-hydroxylation sites is 2. The number of amides is 1. The number of hydrogen-bond donors (Lipinski definition) is 1. The SMILES string of the molecule is CN(CC1(O)CCCN(c2ccc(F)cn2)C1)C(=O)CCCc1nc2ccccc2n1C. The van der Waals surface area contributed by atoms with Gasteiger partial charge in [-0.25, -0.2) is 14.4 Å². The van der Waals surface area contributed by atoms with Gasteiger partial charge in [0, 0.05) is 40.0 Å². The number of imidazole rings is 1. The molecule has 3 aromatic rings. The summed E-state index contributed by atoms with van der Waals surface area (Å²) in [6, 6.07) is 11.0. The van der Waals surface area contributed by atoms with Crippen molar-refractivity contribution in [3.05, 3.63) is 54.2 Å². The van der Waals surface area contributed by atoms with E-state index < -0.39 is 5.60 Å². The van der Waals surface area contributed by atoms with E-state index in [0.717, 1.165) is 36.2 Å². The van der Waals surface area contributed by atoms with Gasteiger partial charge in [0.05, 0.1) is 29.4 Å². The van der Waals surface area contributed by atoms with E-state index in [1.165, 1.54) is 12.3 Å². The van der Waals surface area contributed by atoms with Gasteiger partial charge in [-0.3, -0.25) is 4.79 Å². The molecule has 8 heteroatoms. The number of hydrogen-bond acceptors (Lipinski definition) is 5. The summed E-state index contributed by atoms with van der Waals surface area (Å²) in [5, 5.41) is 11.1. The Morgan fingerprint density at radius 2 is 2.09 bits per heavy atom. The molecule has 7 nitrogen and oxygen atoms in total. The van der Waals surface area contributed by atoms with Crippen molar-refractivity contribution >= 4 is 22.8 Å². The molecule has 1 fully saturated rings. The average molecular weight is 440 g/mol. The van der Waals surface area contributed by atoms with Crippen LogP contribution in [-0.4, -0.2) is 62.7 Å². The third-order valence-corrected chi connectivity index (χ3v) is 6.22. The lowest BCUT2D eigenvalue weighted by Gasteiger charge is -2.41. The highest BCUT2D eigenvalue weighted by Gasteiger charge is 2.35. The quantitative estimate of drug-likeness (QED) is 0.613. The van der Waals surface area contributed by atoms with Crippen LogP contribution in [0.3, 0.4) is 0 Å². The summed E-state index contributed by atoms with van der Waals surface area (Å²) in [5.74, 6) is 1.23. The number of fused-ring (bicyclic) bond motifs is 1.